The summed E-state index contributed by atoms with van der Waals surface area (Å²) in [7, 11) is 0. The van der Waals surface area contributed by atoms with Crippen molar-refractivity contribution in [2.24, 2.45) is 0 Å². The molecule has 0 bridgehead atoms. The quantitative estimate of drug-likeness (QED) is 0.181. The second-order valence-corrected chi connectivity index (χ2v) is 12.1. The van der Waals surface area contributed by atoms with E-state index in [1.54, 1.807) is 11.3 Å². The van der Waals surface area contributed by atoms with Crippen molar-refractivity contribution < 1.29 is 8.78 Å². The second kappa shape index (κ2) is 9.19. The molecule has 0 aliphatic rings. The minimum absolute atomic E-state index is 0.186. The molecular weight excluding hydrogens is 551 g/mol. The molecule has 0 N–H and O–H groups in total. The van der Waals surface area contributed by atoms with Crippen molar-refractivity contribution in [1.29, 1.82) is 0 Å². The molecule has 1 aromatic heterocycles. The number of hydrogen-bond donors (Lipinski definition) is 0. The fraction of sp³-hybridized carbons (Fsp3) is 0. The topological polar surface area (TPSA) is 0 Å². The molecule has 0 unspecified atom stereocenters. The molecule has 0 saturated carbocycles. The molecule has 0 spiro atoms. The molecule has 8 aromatic carbocycles. The van der Waals surface area contributed by atoms with Crippen LogP contribution >= 0.6 is 11.3 Å². The Morgan fingerprint density at radius 3 is 1.35 bits per heavy atom. The third-order valence-electron chi connectivity index (χ3n) is 8.78. The summed E-state index contributed by atoms with van der Waals surface area (Å²) in [5.74, 6) is -0.371. The summed E-state index contributed by atoms with van der Waals surface area (Å²) in [5, 5.41) is 8.38. The third kappa shape index (κ3) is 3.46. The molecule has 0 saturated heterocycles. The van der Waals surface area contributed by atoms with E-state index < -0.39 is 0 Å². The van der Waals surface area contributed by atoms with E-state index in [2.05, 4.69) is 36.4 Å². The summed E-state index contributed by atoms with van der Waals surface area (Å²) >= 11 is 1.76. The maximum Gasteiger partial charge on any atom is 0.138 e. The van der Waals surface area contributed by atoms with E-state index in [9.17, 15) is 0 Å². The molecule has 202 valence electrons. The maximum absolute atomic E-state index is 15.8. The molecule has 3 heteroatoms. The van der Waals surface area contributed by atoms with Crippen molar-refractivity contribution in [1.82, 2.24) is 0 Å². The van der Waals surface area contributed by atoms with Crippen LogP contribution < -0.4 is 0 Å². The first-order chi connectivity index (χ1) is 21.2. The summed E-state index contributed by atoms with van der Waals surface area (Å²) in [5.41, 5.74) is 4.20. The van der Waals surface area contributed by atoms with Crippen molar-refractivity contribution in [3.05, 3.63) is 145 Å². The lowest BCUT2D eigenvalue weighted by Crippen LogP contribution is -1.91. The van der Waals surface area contributed by atoms with Crippen LogP contribution in [0.15, 0.2) is 133 Å². The fourth-order valence-electron chi connectivity index (χ4n) is 6.94. The zero-order chi connectivity index (χ0) is 28.7. The van der Waals surface area contributed by atoms with E-state index in [0.717, 1.165) is 54.6 Å². The molecule has 0 fully saturated rings. The molecule has 0 nitrogen and oxygen atoms in total. The zero-order valence-corrected chi connectivity index (χ0v) is 23.7. The second-order valence-electron chi connectivity index (χ2n) is 11.1. The van der Waals surface area contributed by atoms with Crippen molar-refractivity contribution in [3.63, 3.8) is 0 Å². The van der Waals surface area contributed by atoms with Gasteiger partial charge in [0.25, 0.3) is 0 Å². The summed E-state index contributed by atoms with van der Waals surface area (Å²) < 4.78 is 33.8. The summed E-state index contributed by atoms with van der Waals surface area (Å²) in [4.78, 5) is 0. The van der Waals surface area contributed by atoms with Gasteiger partial charge in [-0.15, -0.1) is 11.3 Å². The minimum atomic E-state index is -0.186. The van der Waals surface area contributed by atoms with E-state index in [-0.39, 0.29) is 11.6 Å². The highest BCUT2D eigenvalue weighted by Crippen LogP contribution is 2.47. The summed E-state index contributed by atoms with van der Waals surface area (Å²) in [6.07, 6.45) is 0. The maximum atomic E-state index is 15.8. The van der Waals surface area contributed by atoms with Gasteiger partial charge in [-0.1, -0.05) is 115 Å². The van der Waals surface area contributed by atoms with Gasteiger partial charge < -0.3 is 0 Å². The van der Waals surface area contributed by atoms with Crippen LogP contribution in [-0.2, 0) is 0 Å². The standard InChI is InChI=1S/C40H22F2S/c41-39-28-14-5-1-10-24(28)36(25-11-2-6-15-29(25)39)23-20-21-34-33(22-23)38-32(18-9-19-35(38)43-34)37-26-12-3-7-16-30(26)40(42)31-17-8-4-13-27(31)37/h1-22H. The Labute approximate surface area is 250 Å². The Bertz CT molecular complexity index is 2480. The van der Waals surface area contributed by atoms with Gasteiger partial charge in [0.1, 0.15) is 11.6 Å². The van der Waals surface area contributed by atoms with Crippen molar-refractivity contribution in [3.8, 4) is 22.3 Å². The zero-order valence-electron chi connectivity index (χ0n) is 22.9. The molecule has 9 rings (SSSR count). The van der Waals surface area contributed by atoms with Gasteiger partial charge in [0.2, 0.25) is 0 Å². The van der Waals surface area contributed by atoms with Crippen LogP contribution in [-0.4, -0.2) is 0 Å². The molecule has 9 aromatic rings. The Morgan fingerprint density at radius 1 is 0.372 bits per heavy atom. The van der Waals surface area contributed by atoms with Crippen molar-refractivity contribution in [2.75, 3.05) is 0 Å². The van der Waals surface area contributed by atoms with Gasteiger partial charge in [0, 0.05) is 41.7 Å². The predicted octanol–water partition coefficient (Wildman–Crippen LogP) is 12.3. The average Bonchev–Trinajstić information content (AvgIpc) is 3.44. The number of halogens is 2. The van der Waals surface area contributed by atoms with Crippen LogP contribution in [0.2, 0.25) is 0 Å². The molecule has 1 heterocycles. The lowest BCUT2D eigenvalue weighted by atomic mass is 9.88. The van der Waals surface area contributed by atoms with Gasteiger partial charge in [-0.05, 0) is 62.0 Å². The lowest BCUT2D eigenvalue weighted by molar-refractivity contribution is 0.651. The van der Waals surface area contributed by atoms with E-state index in [0.29, 0.717) is 21.5 Å². The first kappa shape index (κ1) is 24.5. The van der Waals surface area contributed by atoms with Crippen LogP contribution in [0.1, 0.15) is 0 Å². The summed E-state index contributed by atoms with van der Waals surface area (Å²) in [6.45, 7) is 0. The van der Waals surface area contributed by atoms with Gasteiger partial charge in [-0.2, -0.15) is 0 Å². The summed E-state index contributed by atoms with van der Waals surface area (Å²) in [6, 6.07) is 44.1. The molecule has 0 atom stereocenters. The highest BCUT2D eigenvalue weighted by Gasteiger charge is 2.20. The van der Waals surface area contributed by atoms with Gasteiger partial charge in [0.15, 0.2) is 0 Å². The van der Waals surface area contributed by atoms with Gasteiger partial charge in [-0.25, -0.2) is 8.78 Å². The van der Waals surface area contributed by atoms with Gasteiger partial charge >= 0.3 is 0 Å². The molecule has 43 heavy (non-hydrogen) atoms. The van der Waals surface area contributed by atoms with Crippen LogP contribution in [0.25, 0.3) is 85.5 Å². The van der Waals surface area contributed by atoms with Crippen LogP contribution in [0.5, 0.6) is 0 Å². The Hall–Kier alpha value is -5.12. The number of hydrogen-bond acceptors (Lipinski definition) is 1. The van der Waals surface area contributed by atoms with E-state index in [1.165, 1.54) is 9.40 Å². The van der Waals surface area contributed by atoms with Crippen LogP contribution in [0.4, 0.5) is 8.78 Å². The molecule has 0 amide bonds. The van der Waals surface area contributed by atoms with Gasteiger partial charge in [-0.3, -0.25) is 0 Å². The molecule has 0 radical (unpaired) electrons. The number of benzene rings is 8. The normalized spacial score (nSPS) is 12.0. The van der Waals surface area contributed by atoms with Gasteiger partial charge in [0.05, 0.1) is 0 Å². The first-order valence-corrected chi connectivity index (χ1v) is 15.1. The SMILES string of the molecule is Fc1c2ccccc2c(-c2ccc3sc4cccc(-c5c6ccccc6c(F)c6ccccc56)c4c3c2)c2ccccc12. The molecular formula is C40H22F2S. The van der Waals surface area contributed by atoms with Crippen molar-refractivity contribution in [2.45, 2.75) is 0 Å². The van der Waals surface area contributed by atoms with Crippen LogP contribution in [0, 0.1) is 11.6 Å². The molecule has 0 aliphatic heterocycles. The third-order valence-corrected chi connectivity index (χ3v) is 9.92. The average molecular weight is 573 g/mol. The smallest absolute Gasteiger partial charge is 0.138 e. The highest BCUT2D eigenvalue weighted by atomic mass is 32.1. The monoisotopic (exact) mass is 572 g/mol. The van der Waals surface area contributed by atoms with E-state index >= 15 is 8.78 Å². The lowest BCUT2D eigenvalue weighted by Gasteiger charge is -2.15. The number of rotatable bonds is 2. The number of fused-ring (bicyclic) bond motifs is 7. The predicted molar refractivity (Wildman–Crippen MR) is 180 cm³/mol. The van der Waals surface area contributed by atoms with E-state index in [1.807, 2.05) is 97.1 Å². The van der Waals surface area contributed by atoms with Crippen molar-refractivity contribution >= 4 is 74.6 Å². The largest absolute Gasteiger partial charge is 0.206 e. The Balaban J connectivity index is 1.42. The Kier molecular flexibility index (Phi) is 5.23. The highest BCUT2D eigenvalue weighted by molar-refractivity contribution is 7.26. The minimum Gasteiger partial charge on any atom is -0.206 e. The first-order valence-electron chi connectivity index (χ1n) is 14.3. The van der Waals surface area contributed by atoms with Crippen LogP contribution in [0.3, 0.4) is 0 Å². The molecule has 0 aliphatic carbocycles. The van der Waals surface area contributed by atoms with E-state index in [4.69, 9.17) is 0 Å². The number of thiophene rings is 1. The fourth-order valence-corrected chi connectivity index (χ4v) is 8.05. The Morgan fingerprint density at radius 2 is 0.837 bits per heavy atom.